The SMILES string of the molecule is CCN(CC(C)C#N)S(=O)(=O)c1ccc(Br)s1. The first kappa shape index (κ1) is 14.6. The van der Waals surface area contributed by atoms with Gasteiger partial charge in [0.25, 0.3) is 10.0 Å². The van der Waals surface area contributed by atoms with Crippen molar-refractivity contribution < 1.29 is 8.42 Å². The maximum atomic E-state index is 12.2. The Balaban J connectivity index is 2.99. The fourth-order valence-corrected chi connectivity index (χ4v) is 5.01. The second-order valence-electron chi connectivity index (χ2n) is 3.54. The highest BCUT2D eigenvalue weighted by Gasteiger charge is 2.25. The lowest BCUT2D eigenvalue weighted by Gasteiger charge is -2.20. The number of nitriles is 1. The molecule has 0 aliphatic rings. The molecule has 0 N–H and O–H groups in total. The molecule has 0 fully saturated rings. The molecule has 94 valence electrons. The Labute approximate surface area is 114 Å². The summed E-state index contributed by atoms with van der Waals surface area (Å²) in [5, 5.41) is 8.74. The lowest BCUT2D eigenvalue weighted by Crippen LogP contribution is -2.33. The van der Waals surface area contributed by atoms with E-state index in [4.69, 9.17) is 5.26 Å². The van der Waals surface area contributed by atoms with Crippen LogP contribution in [-0.2, 0) is 10.0 Å². The van der Waals surface area contributed by atoms with Crippen LogP contribution in [0.2, 0.25) is 0 Å². The quantitative estimate of drug-likeness (QED) is 0.830. The van der Waals surface area contributed by atoms with E-state index in [1.54, 1.807) is 26.0 Å². The lowest BCUT2D eigenvalue weighted by atomic mass is 10.2. The summed E-state index contributed by atoms with van der Waals surface area (Å²) in [5.41, 5.74) is 0. The summed E-state index contributed by atoms with van der Waals surface area (Å²) < 4.78 is 26.9. The van der Waals surface area contributed by atoms with Gasteiger partial charge in [0.1, 0.15) is 4.21 Å². The number of hydrogen-bond acceptors (Lipinski definition) is 4. The number of nitrogens with zero attached hydrogens (tertiary/aromatic N) is 2. The summed E-state index contributed by atoms with van der Waals surface area (Å²) >= 11 is 4.42. The van der Waals surface area contributed by atoms with Crippen LogP contribution in [0.1, 0.15) is 13.8 Å². The minimum absolute atomic E-state index is 0.227. The molecule has 1 aromatic heterocycles. The molecule has 4 nitrogen and oxygen atoms in total. The van der Waals surface area contributed by atoms with Crippen LogP contribution in [0.3, 0.4) is 0 Å². The van der Waals surface area contributed by atoms with Crippen molar-refractivity contribution in [3.63, 3.8) is 0 Å². The fourth-order valence-electron chi connectivity index (χ4n) is 1.31. The molecule has 17 heavy (non-hydrogen) atoms. The van der Waals surface area contributed by atoms with E-state index in [0.717, 1.165) is 3.79 Å². The number of hydrogen-bond donors (Lipinski definition) is 0. The van der Waals surface area contributed by atoms with E-state index in [2.05, 4.69) is 15.9 Å². The average molecular weight is 337 g/mol. The summed E-state index contributed by atoms with van der Waals surface area (Å²) in [4.78, 5) is 0. The Morgan fingerprint density at radius 2 is 2.24 bits per heavy atom. The molecule has 1 rings (SSSR count). The molecular weight excluding hydrogens is 324 g/mol. The van der Waals surface area contributed by atoms with Gasteiger partial charge in [0.2, 0.25) is 0 Å². The van der Waals surface area contributed by atoms with Crippen molar-refractivity contribution in [3.05, 3.63) is 15.9 Å². The van der Waals surface area contributed by atoms with Gasteiger partial charge in [-0.1, -0.05) is 6.92 Å². The standard InChI is InChI=1S/C10H13BrN2O2S2/c1-3-13(7-8(2)6-12)17(14,15)10-5-4-9(11)16-10/h4-5,8H,3,7H2,1-2H3. The zero-order valence-electron chi connectivity index (χ0n) is 9.55. The Kier molecular flexibility index (Phi) is 5.13. The van der Waals surface area contributed by atoms with E-state index in [9.17, 15) is 8.42 Å². The minimum Gasteiger partial charge on any atom is -0.206 e. The smallest absolute Gasteiger partial charge is 0.206 e. The van der Waals surface area contributed by atoms with Crippen LogP contribution in [0.5, 0.6) is 0 Å². The summed E-state index contributed by atoms with van der Waals surface area (Å²) in [7, 11) is -3.46. The molecule has 0 aromatic carbocycles. The van der Waals surface area contributed by atoms with Crippen LogP contribution in [0, 0.1) is 17.2 Å². The first-order chi connectivity index (χ1) is 7.91. The monoisotopic (exact) mass is 336 g/mol. The van der Waals surface area contributed by atoms with Gasteiger partial charge >= 0.3 is 0 Å². The second-order valence-corrected chi connectivity index (χ2v) is 8.17. The maximum Gasteiger partial charge on any atom is 0.252 e. The zero-order chi connectivity index (χ0) is 13.1. The molecule has 1 atom stereocenters. The van der Waals surface area contributed by atoms with E-state index >= 15 is 0 Å². The number of halogens is 1. The van der Waals surface area contributed by atoms with E-state index in [1.165, 1.54) is 15.6 Å². The van der Waals surface area contributed by atoms with E-state index in [-0.39, 0.29) is 12.5 Å². The molecule has 0 saturated carbocycles. The molecule has 0 amide bonds. The van der Waals surface area contributed by atoms with Crippen LogP contribution < -0.4 is 0 Å². The highest BCUT2D eigenvalue weighted by Crippen LogP contribution is 2.28. The van der Waals surface area contributed by atoms with Crippen molar-refractivity contribution in [3.8, 4) is 6.07 Å². The minimum atomic E-state index is -3.46. The molecule has 0 saturated heterocycles. The van der Waals surface area contributed by atoms with Gasteiger partial charge in [-0.05, 0) is 35.0 Å². The third-order valence-electron chi connectivity index (χ3n) is 2.19. The van der Waals surface area contributed by atoms with Gasteiger partial charge in [0, 0.05) is 13.1 Å². The lowest BCUT2D eigenvalue weighted by molar-refractivity contribution is 0.401. The molecule has 1 unspecified atom stereocenters. The van der Waals surface area contributed by atoms with Gasteiger partial charge in [0.15, 0.2) is 0 Å². The Bertz CT molecular complexity index is 519. The summed E-state index contributed by atoms with van der Waals surface area (Å²) in [6.45, 7) is 4.07. The zero-order valence-corrected chi connectivity index (χ0v) is 12.8. The first-order valence-electron chi connectivity index (χ1n) is 5.07. The number of thiophene rings is 1. The van der Waals surface area contributed by atoms with Crippen LogP contribution in [0.25, 0.3) is 0 Å². The van der Waals surface area contributed by atoms with Gasteiger partial charge < -0.3 is 0 Å². The molecule has 0 spiro atoms. The molecule has 7 heteroatoms. The molecule has 1 aromatic rings. The van der Waals surface area contributed by atoms with Crippen LogP contribution in [0.4, 0.5) is 0 Å². The predicted molar refractivity (Wildman–Crippen MR) is 71.2 cm³/mol. The van der Waals surface area contributed by atoms with Crippen molar-refractivity contribution in [2.45, 2.75) is 18.1 Å². The Hall–Kier alpha value is -0.420. The fraction of sp³-hybridized carbons (Fsp3) is 0.500. The van der Waals surface area contributed by atoms with Crippen molar-refractivity contribution in [2.24, 2.45) is 5.92 Å². The largest absolute Gasteiger partial charge is 0.252 e. The van der Waals surface area contributed by atoms with Crippen molar-refractivity contribution in [1.82, 2.24) is 4.31 Å². The van der Waals surface area contributed by atoms with E-state index in [1.807, 2.05) is 6.07 Å². The van der Waals surface area contributed by atoms with Crippen molar-refractivity contribution >= 4 is 37.3 Å². The predicted octanol–water partition coefficient (Wildman–Crippen LogP) is 2.68. The van der Waals surface area contributed by atoms with Crippen LogP contribution in [0.15, 0.2) is 20.1 Å². The van der Waals surface area contributed by atoms with Gasteiger partial charge in [-0.2, -0.15) is 9.57 Å². The highest BCUT2D eigenvalue weighted by molar-refractivity contribution is 9.11. The van der Waals surface area contributed by atoms with Crippen molar-refractivity contribution in [2.75, 3.05) is 13.1 Å². The molecule has 0 aliphatic heterocycles. The summed E-state index contributed by atoms with van der Waals surface area (Å²) in [5.74, 6) is -0.312. The first-order valence-corrected chi connectivity index (χ1v) is 8.11. The summed E-state index contributed by atoms with van der Waals surface area (Å²) in [6, 6.07) is 5.33. The maximum absolute atomic E-state index is 12.2. The topological polar surface area (TPSA) is 61.2 Å². The molecule has 0 aliphatic carbocycles. The van der Waals surface area contributed by atoms with Gasteiger partial charge in [-0.3, -0.25) is 0 Å². The third-order valence-corrected chi connectivity index (χ3v) is 6.23. The normalized spacial score (nSPS) is 13.6. The second kappa shape index (κ2) is 5.96. The van der Waals surface area contributed by atoms with E-state index in [0.29, 0.717) is 10.8 Å². The van der Waals surface area contributed by atoms with Gasteiger partial charge in [-0.25, -0.2) is 8.42 Å². The summed E-state index contributed by atoms with van der Waals surface area (Å²) in [6.07, 6.45) is 0. The highest BCUT2D eigenvalue weighted by atomic mass is 79.9. The molecule has 0 radical (unpaired) electrons. The van der Waals surface area contributed by atoms with Crippen LogP contribution >= 0.6 is 27.3 Å². The van der Waals surface area contributed by atoms with Gasteiger partial charge in [0.05, 0.1) is 15.8 Å². The molecular formula is C10H13BrN2O2S2. The number of rotatable bonds is 5. The number of sulfonamides is 1. The van der Waals surface area contributed by atoms with Crippen molar-refractivity contribution in [1.29, 1.82) is 5.26 Å². The average Bonchev–Trinajstić information content (AvgIpc) is 2.72. The van der Waals surface area contributed by atoms with Crippen LogP contribution in [-0.4, -0.2) is 25.8 Å². The third kappa shape index (κ3) is 3.52. The molecule has 0 bridgehead atoms. The Morgan fingerprint density at radius 3 is 2.65 bits per heavy atom. The van der Waals surface area contributed by atoms with Gasteiger partial charge in [-0.15, -0.1) is 11.3 Å². The Morgan fingerprint density at radius 1 is 1.59 bits per heavy atom. The van der Waals surface area contributed by atoms with E-state index < -0.39 is 10.0 Å². The molecule has 1 heterocycles.